The van der Waals surface area contributed by atoms with Crippen molar-refractivity contribution in [3.63, 3.8) is 0 Å². The third-order valence-electron chi connectivity index (χ3n) is 4.52. The summed E-state index contributed by atoms with van der Waals surface area (Å²) in [5, 5.41) is 19.3. The van der Waals surface area contributed by atoms with Crippen LogP contribution in [0.2, 0.25) is 0 Å². The summed E-state index contributed by atoms with van der Waals surface area (Å²) in [6.07, 6.45) is 2.39. The Morgan fingerprint density at radius 1 is 1.13 bits per heavy atom. The van der Waals surface area contributed by atoms with Crippen LogP contribution < -0.4 is 10.6 Å². The highest BCUT2D eigenvalue weighted by molar-refractivity contribution is 7.13. The number of benzene rings is 2. The second kappa shape index (κ2) is 11.4. The molecule has 3 aromatic rings. The van der Waals surface area contributed by atoms with Crippen molar-refractivity contribution in [3.8, 4) is 5.75 Å². The van der Waals surface area contributed by atoms with Gasteiger partial charge in [-0.2, -0.15) is 0 Å². The molecular formula is C23H26ClN3O2S. The van der Waals surface area contributed by atoms with Gasteiger partial charge in [0.2, 0.25) is 0 Å². The van der Waals surface area contributed by atoms with E-state index < -0.39 is 0 Å². The molecule has 30 heavy (non-hydrogen) atoms. The lowest BCUT2D eigenvalue weighted by molar-refractivity contribution is 0.0951. The molecule has 0 unspecified atom stereocenters. The molecule has 1 aromatic heterocycles. The zero-order valence-electron chi connectivity index (χ0n) is 17.0. The Kier molecular flexibility index (Phi) is 8.89. The summed E-state index contributed by atoms with van der Waals surface area (Å²) in [7, 11) is 0. The molecule has 0 atom stereocenters. The Hall–Kier alpha value is -2.83. The summed E-state index contributed by atoms with van der Waals surface area (Å²) >= 11 is 1.59. The predicted octanol–water partition coefficient (Wildman–Crippen LogP) is 5.74. The minimum atomic E-state index is -0.256. The van der Waals surface area contributed by atoms with Gasteiger partial charge in [0.1, 0.15) is 10.8 Å². The van der Waals surface area contributed by atoms with E-state index >= 15 is 0 Å². The number of nitrogens with one attached hydrogen (secondary N) is 2. The van der Waals surface area contributed by atoms with Crippen molar-refractivity contribution in [2.24, 2.45) is 4.99 Å². The molecule has 0 spiro atoms. The summed E-state index contributed by atoms with van der Waals surface area (Å²) in [5.41, 5.74) is 3.17. The summed E-state index contributed by atoms with van der Waals surface area (Å²) in [4.78, 5) is 16.7. The van der Waals surface area contributed by atoms with E-state index in [4.69, 9.17) is 0 Å². The van der Waals surface area contributed by atoms with Crippen LogP contribution in [0, 0.1) is 0 Å². The molecule has 2 aromatic carbocycles. The molecule has 3 N–H and O–H groups in total. The first-order chi connectivity index (χ1) is 14.0. The Bertz CT molecular complexity index is 971. The molecular weight excluding hydrogens is 418 g/mol. The van der Waals surface area contributed by atoms with E-state index in [0.717, 1.165) is 21.8 Å². The van der Waals surface area contributed by atoms with Crippen molar-refractivity contribution < 1.29 is 9.90 Å². The smallest absolute Gasteiger partial charge is 0.255 e. The van der Waals surface area contributed by atoms with Gasteiger partial charge in [-0.3, -0.25) is 4.79 Å². The molecule has 0 saturated carbocycles. The number of phenols is 1. The maximum atomic E-state index is 12.4. The van der Waals surface area contributed by atoms with Gasteiger partial charge < -0.3 is 15.7 Å². The molecule has 1 heterocycles. The third kappa shape index (κ3) is 6.34. The molecule has 0 bridgehead atoms. The van der Waals surface area contributed by atoms with Gasteiger partial charge in [0.15, 0.2) is 0 Å². The largest absolute Gasteiger partial charge is 0.507 e. The summed E-state index contributed by atoms with van der Waals surface area (Å²) in [6, 6.07) is 17.2. The van der Waals surface area contributed by atoms with Crippen LogP contribution in [0.25, 0.3) is 0 Å². The molecule has 5 nitrogen and oxygen atoms in total. The number of rotatable bonds is 8. The zero-order valence-corrected chi connectivity index (χ0v) is 18.6. The Labute approximate surface area is 187 Å². The third-order valence-corrected chi connectivity index (χ3v) is 5.29. The highest BCUT2D eigenvalue weighted by Gasteiger charge is 2.15. The number of anilines is 1. The van der Waals surface area contributed by atoms with Crippen molar-refractivity contribution >= 4 is 46.7 Å². The summed E-state index contributed by atoms with van der Waals surface area (Å²) in [5.74, 6) is -0.0297. The summed E-state index contributed by atoms with van der Waals surface area (Å²) < 4.78 is 0. The number of carbonyl (C=O) groups excluding carboxylic acids is 1. The number of para-hydroxylation sites is 1. The fourth-order valence-corrected chi connectivity index (χ4v) is 3.47. The molecule has 7 heteroatoms. The Morgan fingerprint density at radius 3 is 2.57 bits per heavy atom. The van der Waals surface area contributed by atoms with E-state index in [1.54, 1.807) is 29.8 Å². The highest BCUT2D eigenvalue weighted by atomic mass is 35.5. The van der Waals surface area contributed by atoms with E-state index in [2.05, 4.69) is 15.6 Å². The van der Waals surface area contributed by atoms with Crippen LogP contribution >= 0.6 is 23.7 Å². The van der Waals surface area contributed by atoms with E-state index in [1.165, 1.54) is 0 Å². The topological polar surface area (TPSA) is 73.7 Å². The Morgan fingerprint density at radius 2 is 1.90 bits per heavy atom. The normalized spacial score (nSPS) is 10.8. The van der Waals surface area contributed by atoms with Crippen LogP contribution in [0.3, 0.4) is 0 Å². The second-order valence-corrected chi connectivity index (χ2v) is 7.88. The molecule has 0 aliphatic carbocycles. The van der Waals surface area contributed by atoms with Gasteiger partial charge in [-0.1, -0.05) is 38.1 Å². The molecule has 0 aliphatic heterocycles. The van der Waals surface area contributed by atoms with Crippen LogP contribution in [0.15, 0.2) is 65.0 Å². The van der Waals surface area contributed by atoms with E-state index in [1.807, 2.05) is 61.7 Å². The van der Waals surface area contributed by atoms with Gasteiger partial charge in [0, 0.05) is 12.2 Å². The summed E-state index contributed by atoms with van der Waals surface area (Å²) in [6.45, 7) is 4.48. The molecule has 0 aliphatic rings. The quantitative estimate of drug-likeness (QED) is 0.307. The molecule has 0 saturated heterocycles. The molecule has 0 radical (unpaired) electrons. The maximum Gasteiger partial charge on any atom is 0.255 e. The number of phenolic OH excluding ortho intramolecular Hbond substituents is 1. The number of thiophene rings is 1. The van der Waals surface area contributed by atoms with Crippen molar-refractivity contribution in [1.29, 1.82) is 0 Å². The lowest BCUT2D eigenvalue weighted by atomic mass is 9.99. The van der Waals surface area contributed by atoms with E-state index in [0.29, 0.717) is 18.5 Å². The second-order valence-electron chi connectivity index (χ2n) is 6.95. The molecule has 3 rings (SSSR count). The fraction of sp³-hybridized carbons (Fsp3) is 0.217. The van der Waals surface area contributed by atoms with Gasteiger partial charge in [0.05, 0.1) is 11.9 Å². The number of hydrogen-bond acceptors (Lipinski definition) is 4. The van der Waals surface area contributed by atoms with E-state index in [9.17, 15) is 9.90 Å². The van der Waals surface area contributed by atoms with Gasteiger partial charge in [0.25, 0.3) is 5.91 Å². The number of aromatic hydroxyl groups is 1. The highest BCUT2D eigenvalue weighted by Crippen LogP contribution is 2.28. The average molecular weight is 444 g/mol. The van der Waals surface area contributed by atoms with E-state index in [-0.39, 0.29) is 30.0 Å². The van der Waals surface area contributed by atoms with Gasteiger partial charge >= 0.3 is 0 Å². The van der Waals surface area contributed by atoms with Crippen LogP contribution in [0.5, 0.6) is 5.75 Å². The SMILES string of the molecule is CC(C)c1cccc(C(=O)NCCc2ccc(N/C=N/c3cccs3)cc2)c1O.Cl. The Balaban J connectivity index is 0.00000320. The lowest BCUT2D eigenvalue weighted by Gasteiger charge is -2.12. The minimum absolute atomic E-state index is 0. The van der Waals surface area contributed by atoms with Crippen LogP contribution in [0.4, 0.5) is 10.7 Å². The number of carbonyl (C=O) groups is 1. The molecule has 1 amide bonds. The average Bonchev–Trinajstić information content (AvgIpc) is 3.22. The van der Waals surface area contributed by atoms with Gasteiger partial charge in [-0.05, 0) is 59.2 Å². The number of aliphatic imine (C=N–C) groups is 1. The number of amides is 1. The monoisotopic (exact) mass is 443 g/mol. The molecule has 0 fully saturated rings. The van der Waals surface area contributed by atoms with Crippen molar-refractivity contribution in [3.05, 3.63) is 76.7 Å². The predicted molar refractivity (Wildman–Crippen MR) is 128 cm³/mol. The first kappa shape index (κ1) is 23.4. The molecule has 158 valence electrons. The standard InChI is InChI=1S/C23H25N3O2S.ClH/c1-16(2)19-5-3-6-20(22(19)27)23(28)24-13-12-17-8-10-18(11-9-17)25-15-26-21-7-4-14-29-21;/h3-11,14-16,27H,12-13H2,1-2H3,(H,24,28)(H,25,26);1H. The first-order valence-corrected chi connectivity index (χ1v) is 10.4. The maximum absolute atomic E-state index is 12.4. The first-order valence-electron chi connectivity index (χ1n) is 9.56. The van der Waals surface area contributed by atoms with Gasteiger partial charge in [-0.25, -0.2) is 4.99 Å². The fourth-order valence-electron chi connectivity index (χ4n) is 2.91. The van der Waals surface area contributed by atoms with Crippen molar-refractivity contribution in [1.82, 2.24) is 5.32 Å². The lowest BCUT2D eigenvalue weighted by Crippen LogP contribution is -2.26. The van der Waals surface area contributed by atoms with Gasteiger partial charge in [-0.15, -0.1) is 23.7 Å². The zero-order chi connectivity index (χ0) is 20.6. The van der Waals surface area contributed by atoms with Crippen LogP contribution in [-0.4, -0.2) is 23.9 Å². The van der Waals surface area contributed by atoms with Crippen LogP contribution in [0.1, 0.15) is 41.3 Å². The van der Waals surface area contributed by atoms with Crippen molar-refractivity contribution in [2.75, 3.05) is 11.9 Å². The number of halogens is 1. The van der Waals surface area contributed by atoms with Crippen LogP contribution in [-0.2, 0) is 6.42 Å². The van der Waals surface area contributed by atoms with Crippen molar-refractivity contribution in [2.45, 2.75) is 26.2 Å². The number of hydrogen-bond donors (Lipinski definition) is 3. The number of nitrogens with zero attached hydrogens (tertiary/aromatic N) is 1. The minimum Gasteiger partial charge on any atom is -0.507 e.